The first-order valence-electron chi connectivity index (χ1n) is 13.1. The number of aryl methyl sites for hydroxylation is 1. The number of hydrogen-bond acceptors (Lipinski definition) is 3. The number of rotatable bonds is 5. The van der Waals surface area contributed by atoms with Gasteiger partial charge in [-0.05, 0) is 106 Å². The Kier molecular flexibility index (Phi) is 5.35. The summed E-state index contributed by atoms with van der Waals surface area (Å²) in [5.41, 5.74) is 2.23. The second-order valence-corrected chi connectivity index (χ2v) is 12.5. The molecule has 5 aliphatic rings. The molecule has 33 heavy (non-hydrogen) atoms. The Bertz CT molecular complexity index is 1030. The first-order chi connectivity index (χ1) is 16.0. The van der Waals surface area contributed by atoms with Crippen LogP contribution in [0.15, 0.2) is 17.5 Å². The molecule has 1 N–H and O–H groups in total. The number of likely N-dealkylation sites (tertiary alicyclic amines) is 1. The first-order valence-corrected chi connectivity index (χ1v) is 14.0. The van der Waals surface area contributed by atoms with E-state index < -0.39 is 0 Å². The maximum atomic E-state index is 13.4. The van der Waals surface area contributed by atoms with E-state index >= 15 is 0 Å². The van der Waals surface area contributed by atoms with Crippen LogP contribution in [0.2, 0.25) is 0 Å². The highest BCUT2D eigenvalue weighted by atomic mass is 32.1. The third-order valence-corrected chi connectivity index (χ3v) is 10.4. The molecule has 4 saturated carbocycles. The van der Waals surface area contributed by atoms with Crippen LogP contribution in [0.25, 0.3) is 10.2 Å². The molecule has 2 amide bonds. The van der Waals surface area contributed by atoms with Gasteiger partial charge in [0.05, 0.1) is 16.1 Å². The molecule has 2 atom stereocenters. The summed E-state index contributed by atoms with van der Waals surface area (Å²) >= 11 is 1.68. The molecular formula is C27H37N3O2S. The second-order valence-electron chi connectivity index (χ2n) is 11.5. The van der Waals surface area contributed by atoms with Crippen molar-refractivity contribution < 1.29 is 9.59 Å². The van der Waals surface area contributed by atoms with Crippen molar-refractivity contribution >= 4 is 33.4 Å². The van der Waals surface area contributed by atoms with Crippen molar-refractivity contribution in [1.29, 1.82) is 0 Å². The minimum Gasteiger partial charge on any atom is -0.353 e. The van der Waals surface area contributed by atoms with Gasteiger partial charge in [-0.15, -0.1) is 11.3 Å². The lowest BCUT2D eigenvalue weighted by Gasteiger charge is -2.59. The molecule has 2 aromatic heterocycles. The molecular weight excluding hydrogens is 430 g/mol. The summed E-state index contributed by atoms with van der Waals surface area (Å²) in [5, 5.41) is 5.55. The molecule has 0 unspecified atom stereocenters. The smallest absolute Gasteiger partial charge is 0.270 e. The van der Waals surface area contributed by atoms with E-state index in [1.807, 2.05) is 11.0 Å². The van der Waals surface area contributed by atoms with E-state index in [0.717, 1.165) is 59.6 Å². The predicted octanol–water partition coefficient (Wildman–Crippen LogP) is 5.30. The Morgan fingerprint density at radius 3 is 2.55 bits per heavy atom. The van der Waals surface area contributed by atoms with Crippen LogP contribution in [0.4, 0.5) is 0 Å². The van der Waals surface area contributed by atoms with Gasteiger partial charge in [0.1, 0.15) is 5.69 Å². The van der Waals surface area contributed by atoms with E-state index in [-0.39, 0.29) is 23.8 Å². The average molecular weight is 468 g/mol. The lowest BCUT2D eigenvalue weighted by Crippen LogP contribution is -2.57. The van der Waals surface area contributed by atoms with Gasteiger partial charge in [0.15, 0.2) is 0 Å². The lowest BCUT2D eigenvalue weighted by molar-refractivity contribution is -0.131. The largest absolute Gasteiger partial charge is 0.353 e. The highest BCUT2D eigenvalue weighted by Gasteiger charge is 2.53. The number of nitrogens with zero attached hydrogens (tertiary/aromatic N) is 2. The molecule has 5 nitrogen and oxygen atoms in total. The van der Waals surface area contributed by atoms with Crippen LogP contribution in [0.3, 0.4) is 0 Å². The Morgan fingerprint density at radius 2 is 1.88 bits per heavy atom. The third-order valence-electron chi connectivity index (χ3n) is 9.50. The van der Waals surface area contributed by atoms with Crippen LogP contribution < -0.4 is 5.32 Å². The van der Waals surface area contributed by atoms with E-state index in [1.54, 1.807) is 11.3 Å². The summed E-state index contributed by atoms with van der Waals surface area (Å²) < 4.78 is 3.28. The van der Waals surface area contributed by atoms with Crippen molar-refractivity contribution in [2.45, 2.75) is 77.8 Å². The molecule has 0 spiro atoms. The minimum absolute atomic E-state index is 0.0758. The molecule has 6 heteroatoms. The van der Waals surface area contributed by atoms with Crippen LogP contribution in [0.1, 0.15) is 75.7 Å². The van der Waals surface area contributed by atoms with Gasteiger partial charge in [0.25, 0.3) is 5.91 Å². The molecule has 1 aliphatic heterocycles. The fourth-order valence-electron chi connectivity index (χ4n) is 8.22. The van der Waals surface area contributed by atoms with E-state index in [9.17, 15) is 9.59 Å². The van der Waals surface area contributed by atoms with Gasteiger partial charge in [0.2, 0.25) is 5.91 Å². The van der Waals surface area contributed by atoms with Crippen molar-refractivity contribution in [3.63, 3.8) is 0 Å². The van der Waals surface area contributed by atoms with Gasteiger partial charge in [-0.3, -0.25) is 9.59 Å². The highest BCUT2D eigenvalue weighted by Crippen LogP contribution is 2.61. The molecule has 3 heterocycles. The Balaban J connectivity index is 1.13. The van der Waals surface area contributed by atoms with E-state index in [0.29, 0.717) is 12.0 Å². The normalized spacial score (nSPS) is 34.1. The number of carbonyl (C=O) groups excluding carboxylic acids is 2. The second kappa shape index (κ2) is 8.14. The summed E-state index contributed by atoms with van der Waals surface area (Å²) in [4.78, 5) is 28.7. The van der Waals surface area contributed by atoms with Gasteiger partial charge in [0, 0.05) is 25.7 Å². The van der Waals surface area contributed by atoms with Crippen LogP contribution in [-0.2, 0) is 11.3 Å². The molecule has 4 bridgehead atoms. The zero-order valence-electron chi connectivity index (χ0n) is 20.0. The Hall–Kier alpha value is -1.82. The molecule has 0 aromatic carbocycles. The van der Waals surface area contributed by atoms with Gasteiger partial charge < -0.3 is 14.8 Å². The van der Waals surface area contributed by atoms with Gasteiger partial charge in [-0.2, -0.15) is 0 Å². The average Bonchev–Trinajstić information content (AvgIpc) is 3.39. The fraction of sp³-hybridized carbons (Fsp3) is 0.704. The van der Waals surface area contributed by atoms with Crippen molar-refractivity contribution in [2.24, 2.45) is 29.1 Å². The third kappa shape index (κ3) is 3.64. The summed E-state index contributed by atoms with van der Waals surface area (Å²) in [6.07, 6.45) is 9.98. The van der Waals surface area contributed by atoms with Crippen LogP contribution in [-0.4, -0.2) is 40.4 Å². The standard InChI is InChI=1S/C27H37N3O2S/c1-3-30-22-6-8-33-24(22)12-23(30)26(32)29-7-4-5-21(16-29)25(31)28-17(2)27-13-18-9-19(14-27)11-20(10-18)15-27/h6,8,12,17-21H,3-5,7,9-11,13-16H2,1-2H3,(H,28,31)/t17-,18?,19?,20?,21-,27?/m1/s1. The number of aromatic nitrogens is 1. The number of nitrogens with one attached hydrogen (secondary N) is 1. The van der Waals surface area contributed by atoms with Gasteiger partial charge in [-0.1, -0.05) is 0 Å². The number of fused-ring (bicyclic) bond motifs is 1. The highest BCUT2D eigenvalue weighted by molar-refractivity contribution is 7.17. The van der Waals surface area contributed by atoms with Crippen LogP contribution in [0.5, 0.6) is 0 Å². The van der Waals surface area contributed by atoms with Crippen molar-refractivity contribution in [2.75, 3.05) is 13.1 Å². The SMILES string of the molecule is CCn1c(C(=O)N2CCC[C@@H](C(=O)N[C@H](C)C34CC5CC(CC(C5)C3)C4)C2)cc2sccc21. The minimum atomic E-state index is -0.0924. The zero-order valence-corrected chi connectivity index (χ0v) is 20.8. The molecule has 178 valence electrons. The molecule has 2 aromatic rings. The molecule has 1 saturated heterocycles. The lowest BCUT2D eigenvalue weighted by atomic mass is 9.48. The summed E-state index contributed by atoms with van der Waals surface area (Å²) in [5.74, 6) is 2.83. The molecule has 5 fully saturated rings. The monoisotopic (exact) mass is 467 g/mol. The molecule has 7 rings (SSSR count). The zero-order chi connectivity index (χ0) is 22.7. The van der Waals surface area contributed by atoms with E-state index in [2.05, 4.69) is 35.2 Å². The van der Waals surface area contributed by atoms with E-state index in [4.69, 9.17) is 0 Å². The maximum Gasteiger partial charge on any atom is 0.270 e. The number of hydrogen-bond donors (Lipinski definition) is 1. The fourth-order valence-corrected chi connectivity index (χ4v) is 9.05. The van der Waals surface area contributed by atoms with Crippen LogP contribution in [0, 0.1) is 29.1 Å². The molecule has 0 radical (unpaired) electrons. The summed E-state index contributed by atoms with van der Waals surface area (Å²) in [6, 6.07) is 4.37. The Morgan fingerprint density at radius 1 is 1.18 bits per heavy atom. The molecule has 4 aliphatic carbocycles. The Labute approximate surface area is 200 Å². The van der Waals surface area contributed by atoms with E-state index in [1.165, 1.54) is 38.5 Å². The van der Waals surface area contributed by atoms with Gasteiger partial charge in [-0.25, -0.2) is 0 Å². The quantitative estimate of drug-likeness (QED) is 0.649. The predicted molar refractivity (Wildman–Crippen MR) is 132 cm³/mol. The summed E-state index contributed by atoms with van der Waals surface area (Å²) in [6.45, 7) is 6.42. The first kappa shape index (κ1) is 21.7. The van der Waals surface area contributed by atoms with Crippen LogP contribution >= 0.6 is 11.3 Å². The van der Waals surface area contributed by atoms with Crippen molar-refractivity contribution in [1.82, 2.24) is 14.8 Å². The number of piperidine rings is 1. The topological polar surface area (TPSA) is 54.3 Å². The van der Waals surface area contributed by atoms with Crippen molar-refractivity contribution in [3.8, 4) is 0 Å². The van der Waals surface area contributed by atoms with Gasteiger partial charge >= 0.3 is 0 Å². The number of thiophene rings is 1. The maximum absolute atomic E-state index is 13.4. The number of amides is 2. The summed E-state index contributed by atoms with van der Waals surface area (Å²) in [7, 11) is 0. The number of carbonyl (C=O) groups is 2. The van der Waals surface area contributed by atoms with Crippen molar-refractivity contribution in [3.05, 3.63) is 23.2 Å².